The summed E-state index contributed by atoms with van der Waals surface area (Å²) in [5.41, 5.74) is 5.73. The van der Waals surface area contributed by atoms with E-state index in [0.29, 0.717) is 6.04 Å². The van der Waals surface area contributed by atoms with Crippen LogP contribution in [0.4, 0.5) is 0 Å². The fourth-order valence-corrected chi connectivity index (χ4v) is 3.19. The van der Waals surface area contributed by atoms with Gasteiger partial charge >= 0.3 is 0 Å². The van der Waals surface area contributed by atoms with Crippen LogP contribution in [0.15, 0.2) is 48.5 Å². The van der Waals surface area contributed by atoms with Crippen molar-refractivity contribution < 1.29 is 0 Å². The maximum absolute atomic E-state index is 3.35. The van der Waals surface area contributed by atoms with Crippen LogP contribution in [0.25, 0.3) is 0 Å². The first-order valence-electron chi connectivity index (χ1n) is 7.77. The molecule has 2 aromatic rings. The molecule has 0 aromatic heterocycles. The molecule has 21 heavy (non-hydrogen) atoms. The lowest BCUT2D eigenvalue weighted by atomic mass is 9.93. The third kappa shape index (κ3) is 3.34. The molecule has 2 aromatic carbocycles. The molecule has 0 radical (unpaired) electrons. The van der Waals surface area contributed by atoms with Crippen LogP contribution >= 0.6 is 0 Å². The Morgan fingerprint density at radius 1 is 1.05 bits per heavy atom. The fraction of sp³-hybridized carbons (Fsp3) is 0.368. The largest absolute Gasteiger partial charge is 0.318 e. The number of aryl methyl sites for hydroxylation is 1. The Bertz CT molecular complexity index is 589. The summed E-state index contributed by atoms with van der Waals surface area (Å²) in [7, 11) is 2.05. The average Bonchev–Trinajstić information content (AvgIpc) is 2.50. The number of rotatable bonds is 4. The van der Waals surface area contributed by atoms with Gasteiger partial charge in [-0.25, -0.2) is 0 Å². The monoisotopic (exact) mass is 280 g/mol. The molecule has 2 nitrogen and oxygen atoms in total. The van der Waals surface area contributed by atoms with E-state index in [1.807, 2.05) is 7.05 Å². The Morgan fingerprint density at radius 3 is 2.48 bits per heavy atom. The van der Waals surface area contributed by atoms with E-state index in [1.165, 1.54) is 22.3 Å². The van der Waals surface area contributed by atoms with Gasteiger partial charge in [0.2, 0.25) is 0 Å². The molecule has 0 aliphatic carbocycles. The molecule has 2 heteroatoms. The van der Waals surface area contributed by atoms with Crippen molar-refractivity contribution in [3.63, 3.8) is 0 Å². The van der Waals surface area contributed by atoms with Crippen LogP contribution in [-0.2, 0) is 19.5 Å². The lowest BCUT2D eigenvalue weighted by molar-refractivity contribution is 0.161. The molecule has 110 valence electrons. The fourth-order valence-electron chi connectivity index (χ4n) is 3.19. The van der Waals surface area contributed by atoms with Crippen LogP contribution in [0.1, 0.15) is 22.3 Å². The topological polar surface area (TPSA) is 15.3 Å². The van der Waals surface area contributed by atoms with Crippen molar-refractivity contribution in [2.24, 2.45) is 0 Å². The second kappa shape index (κ2) is 6.42. The highest BCUT2D eigenvalue weighted by Gasteiger charge is 2.25. The average molecular weight is 280 g/mol. The predicted octanol–water partition coefficient (Wildman–Crippen LogP) is 3.14. The molecular weight excluding hydrogens is 256 g/mol. The first-order chi connectivity index (χ1) is 10.3. The lowest BCUT2D eigenvalue weighted by Crippen LogP contribution is -2.45. The quantitative estimate of drug-likeness (QED) is 0.925. The molecule has 0 bridgehead atoms. The van der Waals surface area contributed by atoms with E-state index in [9.17, 15) is 0 Å². The molecule has 0 fully saturated rings. The van der Waals surface area contributed by atoms with Gasteiger partial charge in [-0.05, 0) is 37.1 Å². The molecule has 1 unspecified atom stereocenters. The number of benzene rings is 2. The van der Waals surface area contributed by atoms with Crippen molar-refractivity contribution in [2.75, 3.05) is 13.6 Å². The number of hydrogen-bond donors (Lipinski definition) is 1. The summed E-state index contributed by atoms with van der Waals surface area (Å²) >= 11 is 0. The van der Waals surface area contributed by atoms with Crippen molar-refractivity contribution in [1.82, 2.24) is 10.2 Å². The van der Waals surface area contributed by atoms with Crippen LogP contribution in [0.5, 0.6) is 0 Å². The SMILES string of the molecule is CNCC1Cc2ccccc2CN1Cc1ccc(C)cc1. The van der Waals surface area contributed by atoms with E-state index in [2.05, 4.69) is 65.7 Å². The molecule has 1 atom stereocenters. The van der Waals surface area contributed by atoms with Gasteiger partial charge in [-0.3, -0.25) is 4.90 Å². The van der Waals surface area contributed by atoms with Gasteiger partial charge in [-0.2, -0.15) is 0 Å². The minimum absolute atomic E-state index is 0.575. The lowest BCUT2D eigenvalue weighted by Gasteiger charge is -2.37. The van der Waals surface area contributed by atoms with Crippen LogP contribution in [0.3, 0.4) is 0 Å². The minimum atomic E-state index is 0.575. The summed E-state index contributed by atoms with van der Waals surface area (Å²) < 4.78 is 0. The molecule has 1 heterocycles. The van der Waals surface area contributed by atoms with Gasteiger partial charge in [0.05, 0.1) is 0 Å². The Kier molecular flexibility index (Phi) is 4.37. The van der Waals surface area contributed by atoms with E-state index in [4.69, 9.17) is 0 Å². The molecule has 1 N–H and O–H groups in total. The number of nitrogens with one attached hydrogen (secondary N) is 1. The maximum atomic E-state index is 3.35. The summed E-state index contributed by atoms with van der Waals surface area (Å²) in [5.74, 6) is 0. The van der Waals surface area contributed by atoms with E-state index in [0.717, 1.165) is 26.1 Å². The molecule has 1 aliphatic heterocycles. The number of fused-ring (bicyclic) bond motifs is 1. The number of hydrogen-bond acceptors (Lipinski definition) is 2. The molecule has 0 saturated heterocycles. The van der Waals surface area contributed by atoms with E-state index in [1.54, 1.807) is 0 Å². The van der Waals surface area contributed by atoms with Crippen molar-refractivity contribution in [2.45, 2.75) is 32.5 Å². The zero-order valence-electron chi connectivity index (χ0n) is 13.0. The second-order valence-electron chi connectivity index (χ2n) is 6.07. The van der Waals surface area contributed by atoms with Gasteiger partial charge in [-0.15, -0.1) is 0 Å². The predicted molar refractivity (Wildman–Crippen MR) is 88.3 cm³/mol. The van der Waals surface area contributed by atoms with Crippen LogP contribution in [0.2, 0.25) is 0 Å². The highest BCUT2D eigenvalue weighted by molar-refractivity contribution is 5.31. The Morgan fingerprint density at radius 2 is 1.76 bits per heavy atom. The van der Waals surface area contributed by atoms with Crippen molar-refractivity contribution in [1.29, 1.82) is 0 Å². The van der Waals surface area contributed by atoms with Gasteiger partial charge in [0.15, 0.2) is 0 Å². The molecular formula is C19H24N2. The van der Waals surface area contributed by atoms with E-state index in [-0.39, 0.29) is 0 Å². The first kappa shape index (κ1) is 14.3. The van der Waals surface area contributed by atoms with Gasteiger partial charge < -0.3 is 5.32 Å². The van der Waals surface area contributed by atoms with Crippen LogP contribution in [0, 0.1) is 6.92 Å². The zero-order chi connectivity index (χ0) is 14.7. The van der Waals surface area contributed by atoms with Gasteiger partial charge in [-0.1, -0.05) is 54.1 Å². The third-order valence-electron chi connectivity index (χ3n) is 4.41. The summed E-state index contributed by atoms with van der Waals surface area (Å²) in [6, 6.07) is 18.4. The molecule has 1 aliphatic rings. The first-order valence-corrected chi connectivity index (χ1v) is 7.77. The van der Waals surface area contributed by atoms with Crippen molar-refractivity contribution in [3.8, 4) is 0 Å². The number of nitrogens with zero attached hydrogens (tertiary/aromatic N) is 1. The van der Waals surface area contributed by atoms with Gasteiger partial charge in [0, 0.05) is 25.7 Å². The summed E-state index contributed by atoms with van der Waals surface area (Å²) in [4.78, 5) is 2.60. The summed E-state index contributed by atoms with van der Waals surface area (Å²) in [6.45, 7) is 5.27. The standard InChI is InChI=1S/C19H24N2/c1-15-7-9-16(10-8-15)13-21-14-18-6-4-3-5-17(18)11-19(21)12-20-2/h3-10,19-20H,11-14H2,1-2H3. The van der Waals surface area contributed by atoms with Crippen LogP contribution < -0.4 is 5.32 Å². The molecule has 0 amide bonds. The summed E-state index contributed by atoms with van der Waals surface area (Å²) in [6.07, 6.45) is 1.14. The van der Waals surface area contributed by atoms with Crippen molar-refractivity contribution >= 4 is 0 Å². The van der Waals surface area contributed by atoms with Gasteiger partial charge in [0.25, 0.3) is 0 Å². The molecule has 3 rings (SSSR count). The van der Waals surface area contributed by atoms with E-state index >= 15 is 0 Å². The highest BCUT2D eigenvalue weighted by Crippen LogP contribution is 2.24. The Labute approximate surface area is 127 Å². The van der Waals surface area contributed by atoms with Crippen molar-refractivity contribution in [3.05, 3.63) is 70.8 Å². The Hall–Kier alpha value is -1.64. The number of likely N-dealkylation sites (N-methyl/N-ethyl adjacent to an activating group) is 1. The zero-order valence-corrected chi connectivity index (χ0v) is 13.0. The smallest absolute Gasteiger partial charge is 0.0268 e. The second-order valence-corrected chi connectivity index (χ2v) is 6.07. The third-order valence-corrected chi connectivity index (χ3v) is 4.41. The van der Waals surface area contributed by atoms with Crippen LogP contribution in [-0.4, -0.2) is 24.5 Å². The molecule has 0 saturated carbocycles. The normalized spacial score (nSPS) is 18.5. The maximum Gasteiger partial charge on any atom is 0.0268 e. The molecule has 0 spiro atoms. The Balaban J connectivity index is 1.80. The minimum Gasteiger partial charge on any atom is -0.318 e. The van der Waals surface area contributed by atoms with E-state index < -0.39 is 0 Å². The van der Waals surface area contributed by atoms with Gasteiger partial charge in [0.1, 0.15) is 0 Å². The summed E-state index contributed by atoms with van der Waals surface area (Å²) in [5, 5.41) is 3.35. The highest BCUT2D eigenvalue weighted by atomic mass is 15.2.